The highest BCUT2D eigenvalue weighted by Gasteiger charge is 2.11. The van der Waals surface area contributed by atoms with Crippen LogP contribution in [0.15, 0.2) is 22.7 Å². The minimum atomic E-state index is -1.07. The van der Waals surface area contributed by atoms with Crippen molar-refractivity contribution in [3.63, 3.8) is 0 Å². The van der Waals surface area contributed by atoms with E-state index in [0.29, 0.717) is 12.3 Å². The molecule has 2 aromatic rings. The zero-order valence-corrected chi connectivity index (χ0v) is 11.7. The molecule has 6 heteroatoms. The number of hydrogen-bond donors (Lipinski definition) is 2. The van der Waals surface area contributed by atoms with Crippen LogP contribution < -0.4 is 5.32 Å². The molecule has 0 bridgehead atoms. The topological polar surface area (TPSA) is 75.4 Å². The SMILES string of the molecule is Cc1ccc(CC(C)NCc2cc(C(=O)O)no2)s1. The largest absolute Gasteiger partial charge is 0.476 e. The molecule has 19 heavy (non-hydrogen) atoms. The second-order valence-corrected chi connectivity index (χ2v) is 5.85. The second kappa shape index (κ2) is 5.99. The number of nitrogens with zero attached hydrogens (tertiary/aromatic N) is 1. The van der Waals surface area contributed by atoms with Crippen molar-refractivity contribution in [2.75, 3.05) is 0 Å². The molecule has 0 aliphatic heterocycles. The Kier molecular flexibility index (Phi) is 4.34. The van der Waals surface area contributed by atoms with Gasteiger partial charge >= 0.3 is 5.97 Å². The van der Waals surface area contributed by atoms with Crippen molar-refractivity contribution in [1.82, 2.24) is 10.5 Å². The van der Waals surface area contributed by atoms with Gasteiger partial charge in [0, 0.05) is 21.9 Å². The van der Waals surface area contributed by atoms with Crippen molar-refractivity contribution in [2.24, 2.45) is 0 Å². The number of aryl methyl sites for hydroxylation is 1. The molecule has 0 spiro atoms. The molecule has 1 atom stereocenters. The van der Waals surface area contributed by atoms with Crippen molar-refractivity contribution < 1.29 is 14.4 Å². The molecule has 0 saturated carbocycles. The van der Waals surface area contributed by atoms with Gasteiger partial charge < -0.3 is 14.9 Å². The van der Waals surface area contributed by atoms with Crippen LogP contribution in [0.25, 0.3) is 0 Å². The second-order valence-electron chi connectivity index (χ2n) is 4.48. The number of carboxylic acid groups (broad SMARTS) is 1. The fourth-order valence-electron chi connectivity index (χ4n) is 1.74. The monoisotopic (exact) mass is 280 g/mol. The zero-order valence-electron chi connectivity index (χ0n) is 10.8. The van der Waals surface area contributed by atoms with E-state index in [4.69, 9.17) is 9.63 Å². The Morgan fingerprint density at radius 1 is 1.58 bits per heavy atom. The number of nitrogens with one attached hydrogen (secondary N) is 1. The maximum atomic E-state index is 10.7. The summed E-state index contributed by atoms with van der Waals surface area (Å²) in [5.41, 5.74) is -0.0571. The third-order valence-corrected chi connectivity index (χ3v) is 3.73. The third-order valence-electron chi connectivity index (χ3n) is 2.71. The lowest BCUT2D eigenvalue weighted by Crippen LogP contribution is -2.27. The lowest BCUT2D eigenvalue weighted by molar-refractivity contribution is 0.0685. The molecule has 0 radical (unpaired) electrons. The van der Waals surface area contributed by atoms with Crippen molar-refractivity contribution in [2.45, 2.75) is 32.9 Å². The molecule has 5 nitrogen and oxygen atoms in total. The van der Waals surface area contributed by atoms with E-state index >= 15 is 0 Å². The molecule has 2 rings (SSSR count). The van der Waals surface area contributed by atoms with Gasteiger partial charge in [-0.3, -0.25) is 0 Å². The van der Waals surface area contributed by atoms with Crippen LogP contribution in [-0.2, 0) is 13.0 Å². The van der Waals surface area contributed by atoms with E-state index in [1.165, 1.54) is 15.8 Å². The first-order valence-corrected chi connectivity index (χ1v) is 6.84. The molecule has 2 N–H and O–H groups in total. The smallest absolute Gasteiger partial charge is 0.358 e. The summed E-state index contributed by atoms with van der Waals surface area (Å²) in [7, 11) is 0. The molecular weight excluding hydrogens is 264 g/mol. The van der Waals surface area contributed by atoms with E-state index in [2.05, 4.69) is 36.5 Å². The first kappa shape index (κ1) is 13.8. The van der Waals surface area contributed by atoms with Gasteiger partial charge in [0.2, 0.25) is 0 Å². The maximum Gasteiger partial charge on any atom is 0.358 e. The summed E-state index contributed by atoms with van der Waals surface area (Å²) < 4.78 is 4.94. The fourth-order valence-corrected chi connectivity index (χ4v) is 2.76. The van der Waals surface area contributed by atoms with E-state index in [-0.39, 0.29) is 11.7 Å². The van der Waals surface area contributed by atoms with Crippen LogP contribution >= 0.6 is 11.3 Å². The quantitative estimate of drug-likeness (QED) is 0.850. The Morgan fingerprint density at radius 3 is 2.95 bits per heavy atom. The molecular formula is C13H16N2O3S. The number of rotatable bonds is 6. The van der Waals surface area contributed by atoms with Gasteiger partial charge in [-0.15, -0.1) is 11.3 Å². The van der Waals surface area contributed by atoms with Gasteiger partial charge in [0.1, 0.15) is 0 Å². The third kappa shape index (κ3) is 3.90. The molecule has 0 aliphatic carbocycles. The minimum absolute atomic E-state index is 0.0571. The van der Waals surface area contributed by atoms with Gasteiger partial charge in [-0.25, -0.2) is 4.79 Å². The summed E-state index contributed by atoms with van der Waals surface area (Å²) in [4.78, 5) is 13.3. The molecule has 0 amide bonds. The average molecular weight is 280 g/mol. The van der Waals surface area contributed by atoms with Crippen molar-refractivity contribution >= 4 is 17.3 Å². The minimum Gasteiger partial charge on any atom is -0.476 e. The average Bonchev–Trinajstić information content (AvgIpc) is 2.96. The van der Waals surface area contributed by atoms with Crippen LogP contribution in [0.5, 0.6) is 0 Å². The highest BCUT2D eigenvalue weighted by atomic mass is 32.1. The molecule has 0 saturated heterocycles. The van der Waals surface area contributed by atoms with Gasteiger partial charge in [-0.2, -0.15) is 0 Å². The van der Waals surface area contributed by atoms with E-state index in [1.807, 2.05) is 0 Å². The van der Waals surface area contributed by atoms with E-state index in [1.54, 1.807) is 11.3 Å². The lowest BCUT2D eigenvalue weighted by Gasteiger charge is -2.10. The standard InChI is InChI=1S/C13H16N2O3S/c1-8(5-11-4-3-9(2)19-11)14-7-10-6-12(13(16)17)15-18-10/h3-4,6,8,14H,5,7H2,1-2H3,(H,16,17). The summed E-state index contributed by atoms with van der Waals surface area (Å²) in [5.74, 6) is -0.538. The van der Waals surface area contributed by atoms with Gasteiger partial charge in [0.05, 0.1) is 6.54 Å². The van der Waals surface area contributed by atoms with Gasteiger partial charge in [-0.05, 0) is 32.4 Å². The first-order chi connectivity index (χ1) is 9.04. The summed E-state index contributed by atoms with van der Waals surface area (Å²) in [5, 5.41) is 15.5. The summed E-state index contributed by atoms with van der Waals surface area (Å²) in [6.07, 6.45) is 0.943. The van der Waals surface area contributed by atoms with Crippen molar-refractivity contribution in [3.8, 4) is 0 Å². The van der Waals surface area contributed by atoms with Gasteiger partial charge in [0.25, 0.3) is 0 Å². The van der Waals surface area contributed by atoms with E-state index < -0.39 is 5.97 Å². The summed E-state index contributed by atoms with van der Waals surface area (Å²) in [6, 6.07) is 5.98. The Hall–Kier alpha value is -1.66. The molecule has 0 aliphatic rings. The zero-order chi connectivity index (χ0) is 13.8. The number of carboxylic acids is 1. The molecule has 102 valence electrons. The molecule has 1 unspecified atom stereocenters. The highest BCUT2D eigenvalue weighted by molar-refractivity contribution is 7.11. The molecule has 0 fully saturated rings. The fraction of sp³-hybridized carbons (Fsp3) is 0.385. The molecule has 0 aromatic carbocycles. The van der Waals surface area contributed by atoms with Crippen molar-refractivity contribution in [3.05, 3.63) is 39.4 Å². The number of aromatic carboxylic acids is 1. The number of carbonyl (C=O) groups is 1. The van der Waals surface area contributed by atoms with Crippen LogP contribution in [0, 0.1) is 6.92 Å². The summed E-state index contributed by atoms with van der Waals surface area (Å²) in [6.45, 7) is 4.66. The number of aromatic nitrogens is 1. The first-order valence-electron chi connectivity index (χ1n) is 6.02. The van der Waals surface area contributed by atoms with Crippen LogP contribution in [0.1, 0.15) is 32.9 Å². The van der Waals surface area contributed by atoms with Gasteiger partial charge in [0.15, 0.2) is 11.5 Å². The van der Waals surface area contributed by atoms with Crippen LogP contribution in [0.4, 0.5) is 0 Å². The van der Waals surface area contributed by atoms with Crippen molar-refractivity contribution in [1.29, 1.82) is 0 Å². The molecule has 2 heterocycles. The number of hydrogen-bond acceptors (Lipinski definition) is 5. The predicted octanol–water partition coefficient (Wildman–Crippen LogP) is 2.46. The Bertz CT molecular complexity index is 562. The predicted molar refractivity (Wildman–Crippen MR) is 72.5 cm³/mol. The maximum absolute atomic E-state index is 10.7. The Labute approximate surface area is 115 Å². The Balaban J connectivity index is 1.82. The van der Waals surface area contributed by atoms with Crippen LogP contribution in [-0.4, -0.2) is 22.3 Å². The molecule has 2 aromatic heterocycles. The van der Waals surface area contributed by atoms with Gasteiger partial charge in [-0.1, -0.05) is 5.16 Å². The normalized spacial score (nSPS) is 12.5. The van der Waals surface area contributed by atoms with E-state index in [9.17, 15) is 4.79 Å². The van der Waals surface area contributed by atoms with E-state index in [0.717, 1.165) is 6.42 Å². The summed E-state index contributed by atoms with van der Waals surface area (Å²) >= 11 is 1.79. The van der Waals surface area contributed by atoms with Crippen LogP contribution in [0.2, 0.25) is 0 Å². The van der Waals surface area contributed by atoms with Crippen LogP contribution in [0.3, 0.4) is 0 Å². The lowest BCUT2D eigenvalue weighted by atomic mass is 10.2. The Morgan fingerprint density at radius 2 is 2.37 bits per heavy atom. The highest BCUT2D eigenvalue weighted by Crippen LogP contribution is 2.16. The number of thiophene rings is 1.